The molecule has 7 heteroatoms. The van der Waals surface area contributed by atoms with Gasteiger partial charge in [0.1, 0.15) is 0 Å². The van der Waals surface area contributed by atoms with Crippen molar-refractivity contribution in [3.63, 3.8) is 0 Å². The molecule has 1 atom stereocenters. The number of carboxylic acids is 1. The quantitative estimate of drug-likeness (QED) is 0.805. The van der Waals surface area contributed by atoms with Gasteiger partial charge in [-0.15, -0.1) is 0 Å². The summed E-state index contributed by atoms with van der Waals surface area (Å²) >= 11 is 0. The number of nitrogens with zero attached hydrogens (tertiary/aromatic N) is 1. The number of carbonyl (C=O) groups is 3. The molecule has 1 unspecified atom stereocenters. The second-order valence-corrected chi connectivity index (χ2v) is 5.05. The zero-order chi connectivity index (χ0) is 15.0. The van der Waals surface area contributed by atoms with Crippen LogP contribution in [0.4, 0.5) is 5.69 Å². The van der Waals surface area contributed by atoms with Gasteiger partial charge < -0.3 is 20.1 Å². The van der Waals surface area contributed by atoms with E-state index in [0.29, 0.717) is 12.1 Å². The third-order valence-electron chi connectivity index (χ3n) is 3.61. The zero-order valence-corrected chi connectivity index (χ0v) is 11.2. The molecule has 1 aromatic rings. The van der Waals surface area contributed by atoms with Crippen LogP contribution in [-0.4, -0.2) is 53.6 Å². The molecule has 0 saturated carbocycles. The average molecular weight is 290 g/mol. The molecule has 3 rings (SSSR count). The summed E-state index contributed by atoms with van der Waals surface area (Å²) in [6.45, 7) is 0.590. The third kappa shape index (κ3) is 2.59. The minimum atomic E-state index is -1.07. The number of morpholine rings is 1. The van der Waals surface area contributed by atoms with Gasteiger partial charge in [-0.05, 0) is 23.8 Å². The number of benzene rings is 1. The fourth-order valence-electron chi connectivity index (χ4n) is 2.53. The summed E-state index contributed by atoms with van der Waals surface area (Å²) in [5, 5.41) is 11.7. The molecule has 0 bridgehead atoms. The van der Waals surface area contributed by atoms with E-state index in [4.69, 9.17) is 9.84 Å². The third-order valence-corrected chi connectivity index (χ3v) is 3.61. The van der Waals surface area contributed by atoms with Crippen molar-refractivity contribution in [1.82, 2.24) is 4.90 Å². The Morgan fingerprint density at radius 3 is 2.95 bits per heavy atom. The lowest BCUT2D eigenvalue weighted by Crippen LogP contribution is -2.48. The smallest absolute Gasteiger partial charge is 0.334 e. The number of nitrogens with one attached hydrogen (secondary N) is 1. The maximum Gasteiger partial charge on any atom is 0.334 e. The Morgan fingerprint density at radius 2 is 2.19 bits per heavy atom. The molecule has 2 aliphatic rings. The summed E-state index contributed by atoms with van der Waals surface area (Å²) in [7, 11) is 0. The largest absolute Gasteiger partial charge is 0.479 e. The average Bonchev–Trinajstić information content (AvgIpc) is 2.85. The van der Waals surface area contributed by atoms with E-state index < -0.39 is 12.1 Å². The van der Waals surface area contributed by atoms with Crippen LogP contribution in [0, 0.1) is 0 Å². The van der Waals surface area contributed by atoms with Crippen molar-refractivity contribution in [3.8, 4) is 0 Å². The van der Waals surface area contributed by atoms with Crippen molar-refractivity contribution in [3.05, 3.63) is 29.3 Å². The predicted octanol–water partition coefficient (Wildman–Crippen LogP) is 0.107. The molecule has 1 fully saturated rings. The lowest BCUT2D eigenvalue weighted by atomic mass is 10.1. The number of hydrogen-bond donors (Lipinski definition) is 2. The predicted molar refractivity (Wildman–Crippen MR) is 72.1 cm³/mol. The minimum absolute atomic E-state index is 0.0302. The Hall–Kier alpha value is -2.41. The summed E-state index contributed by atoms with van der Waals surface area (Å²) in [5.74, 6) is -1.41. The second kappa shape index (κ2) is 5.17. The van der Waals surface area contributed by atoms with Gasteiger partial charge in [-0.3, -0.25) is 9.59 Å². The molecule has 110 valence electrons. The molecule has 1 aromatic carbocycles. The van der Waals surface area contributed by atoms with E-state index in [1.807, 2.05) is 0 Å². The number of rotatable bonds is 2. The van der Waals surface area contributed by atoms with Crippen molar-refractivity contribution >= 4 is 23.5 Å². The fourth-order valence-corrected chi connectivity index (χ4v) is 2.53. The highest BCUT2D eigenvalue weighted by molar-refractivity contribution is 6.01. The highest BCUT2D eigenvalue weighted by Crippen LogP contribution is 2.24. The van der Waals surface area contributed by atoms with Crippen molar-refractivity contribution < 1.29 is 24.2 Å². The SMILES string of the molecule is O=C1Cc2cc(C(=O)N3CCOC(C(=O)O)C3)ccc2N1. The van der Waals surface area contributed by atoms with E-state index in [-0.39, 0.29) is 31.4 Å². The van der Waals surface area contributed by atoms with E-state index in [1.165, 1.54) is 4.90 Å². The Balaban J connectivity index is 1.78. The summed E-state index contributed by atoms with van der Waals surface area (Å²) in [6, 6.07) is 5.02. The number of amides is 2. The van der Waals surface area contributed by atoms with Gasteiger partial charge in [0.2, 0.25) is 5.91 Å². The van der Waals surface area contributed by atoms with Crippen LogP contribution in [0.25, 0.3) is 0 Å². The number of ether oxygens (including phenoxy) is 1. The molecule has 2 N–H and O–H groups in total. The normalized spacial score (nSPS) is 20.9. The van der Waals surface area contributed by atoms with Crippen molar-refractivity contribution in [2.24, 2.45) is 0 Å². The summed E-state index contributed by atoms with van der Waals surface area (Å²) in [6.07, 6.45) is -0.725. The number of hydrogen-bond acceptors (Lipinski definition) is 4. The first kappa shape index (κ1) is 13.6. The molecule has 0 aliphatic carbocycles. The summed E-state index contributed by atoms with van der Waals surface area (Å²) in [4.78, 5) is 36.1. The maximum absolute atomic E-state index is 12.4. The molecular formula is C14H14N2O5. The summed E-state index contributed by atoms with van der Waals surface area (Å²) < 4.78 is 5.10. The second-order valence-electron chi connectivity index (χ2n) is 5.05. The van der Waals surface area contributed by atoms with Crippen LogP contribution in [0.1, 0.15) is 15.9 Å². The highest BCUT2D eigenvalue weighted by Gasteiger charge is 2.30. The molecule has 7 nitrogen and oxygen atoms in total. The van der Waals surface area contributed by atoms with Gasteiger partial charge in [-0.2, -0.15) is 0 Å². The van der Waals surface area contributed by atoms with Gasteiger partial charge >= 0.3 is 5.97 Å². The van der Waals surface area contributed by atoms with Crippen LogP contribution in [0.5, 0.6) is 0 Å². The Labute approximate surface area is 120 Å². The van der Waals surface area contributed by atoms with E-state index in [9.17, 15) is 14.4 Å². The van der Waals surface area contributed by atoms with Crippen LogP contribution in [-0.2, 0) is 20.7 Å². The topological polar surface area (TPSA) is 95.9 Å². The number of fused-ring (bicyclic) bond motifs is 1. The van der Waals surface area contributed by atoms with Crippen molar-refractivity contribution in [2.75, 3.05) is 25.0 Å². The van der Waals surface area contributed by atoms with Crippen molar-refractivity contribution in [2.45, 2.75) is 12.5 Å². The number of aliphatic carboxylic acids is 1. The number of anilines is 1. The zero-order valence-electron chi connectivity index (χ0n) is 11.2. The minimum Gasteiger partial charge on any atom is -0.479 e. The molecule has 0 radical (unpaired) electrons. The standard InChI is InChI=1S/C14H14N2O5/c17-12-6-9-5-8(1-2-10(9)15-12)13(18)16-3-4-21-11(7-16)14(19)20/h1-2,5,11H,3-4,6-7H2,(H,15,17)(H,19,20). The molecule has 2 heterocycles. The summed E-state index contributed by atoms with van der Waals surface area (Å²) in [5.41, 5.74) is 1.96. The molecule has 2 amide bonds. The first-order valence-electron chi connectivity index (χ1n) is 6.61. The number of carbonyl (C=O) groups excluding carboxylic acids is 2. The number of carboxylic acid groups (broad SMARTS) is 1. The van der Waals surface area contributed by atoms with E-state index in [2.05, 4.69) is 5.32 Å². The van der Waals surface area contributed by atoms with Gasteiger partial charge in [-0.1, -0.05) is 0 Å². The Kier molecular flexibility index (Phi) is 3.34. The molecule has 2 aliphatic heterocycles. The monoisotopic (exact) mass is 290 g/mol. The van der Waals surface area contributed by atoms with E-state index >= 15 is 0 Å². The van der Waals surface area contributed by atoms with Crippen LogP contribution in [0.15, 0.2) is 18.2 Å². The first-order valence-corrected chi connectivity index (χ1v) is 6.61. The highest BCUT2D eigenvalue weighted by atomic mass is 16.5. The fraction of sp³-hybridized carbons (Fsp3) is 0.357. The first-order chi connectivity index (χ1) is 10.0. The van der Waals surface area contributed by atoms with Crippen molar-refractivity contribution in [1.29, 1.82) is 0 Å². The van der Waals surface area contributed by atoms with Gasteiger partial charge in [0.05, 0.1) is 19.6 Å². The van der Waals surface area contributed by atoms with Crippen LogP contribution < -0.4 is 5.32 Å². The van der Waals surface area contributed by atoms with E-state index in [0.717, 1.165) is 11.3 Å². The Morgan fingerprint density at radius 1 is 1.38 bits per heavy atom. The van der Waals surface area contributed by atoms with Crippen LogP contribution >= 0.6 is 0 Å². The molecule has 0 aromatic heterocycles. The Bertz CT molecular complexity index is 628. The molecule has 0 spiro atoms. The van der Waals surface area contributed by atoms with Gasteiger partial charge in [-0.25, -0.2) is 4.79 Å². The lowest BCUT2D eigenvalue weighted by Gasteiger charge is -2.31. The maximum atomic E-state index is 12.4. The van der Waals surface area contributed by atoms with Crippen LogP contribution in [0.3, 0.4) is 0 Å². The molecule has 1 saturated heterocycles. The van der Waals surface area contributed by atoms with Gasteiger partial charge in [0.25, 0.3) is 5.91 Å². The van der Waals surface area contributed by atoms with Crippen LogP contribution in [0.2, 0.25) is 0 Å². The lowest BCUT2D eigenvalue weighted by molar-refractivity contribution is -0.154. The van der Waals surface area contributed by atoms with Gasteiger partial charge in [0, 0.05) is 17.8 Å². The van der Waals surface area contributed by atoms with Gasteiger partial charge in [0.15, 0.2) is 6.10 Å². The van der Waals surface area contributed by atoms with E-state index in [1.54, 1.807) is 18.2 Å². The molecular weight excluding hydrogens is 276 g/mol. The molecule has 21 heavy (non-hydrogen) atoms.